The Hall–Kier alpha value is -1.93. The molecule has 6 nitrogen and oxygen atoms in total. The molecule has 2 rings (SSSR count). The molecular formula is C18H25FN4O2S. The van der Waals surface area contributed by atoms with E-state index in [1.807, 2.05) is 0 Å². The number of nitrogens with zero attached hydrogens (tertiary/aromatic N) is 3. The van der Waals surface area contributed by atoms with Gasteiger partial charge in [-0.2, -0.15) is 0 Å². The average molecular weight is 380 g/mol. The number of carbonyl (C=O) groups is 1. The Morgan fingerprint density at radius 1 is 1.31 bits per heavy atom. The molecule has 0 aliphatic heterocycles. The van der Waals surface area contributed by atoms with E-state index < -0.39 is 0 Å². The van der Waals surface area contributed by atoms with Crippen LogP contribution in [0.25, 0.3) is 11.4 Å². The summed E-state index contributed by atoms with van der Waals surface area (Å²) in [5.41, 5.74) is 0.386. The summed E-state index contributed by atoms with van der Waals surface area (Å²) in [7, 11) is 1.75. The van der Waals surface area contributed by atoms with E-state index in [-0.39, 0.29) is 17.5 Å². The molecule has 0 aliphatic carbocycles. The number of carbonyl (C=O) groups excluding carboxylic acids is 1. The molecule has 26 heavy (non-hydrogen) atoms. The van der Waals surface area contributed by atoms with Gasteiger partial charge in [-0.25, -0.2) is 4.39 Å². The summed E-state index contributed by atoms with van der Waals surface area (Å²) >= 11 is 1.26. The van der Waals surface area contributed by atoms with E-state index in [0.29, 0.717) is 42.2 Å². The molecule has 2 aromatic rings. The summed E-state index contributed by atoms with van der Waals surface area (Å²) in [5, 5.41) is 11.4. The van der Waals surface area contributed by atoms with Gasteiger partial charge in [0.2, 0.25) is 5.91 Å². The lowest BCUT2D eigenvalue weighted by atomic mass is 10.1. The van der Waals surface area contributed by atoms with E-state index >= 15 is 0 Å². The van der Waals surface area contributed by atoms with Crippen molar-refractivity contribution in [2.24, 2.45) is 13.0 Å². The lowest BCUT2D eigenvalue weighted by Gasteiger charge is -2.08. The molecule has 0 fully saturated rings. The molecule has 142 valence electrons. The van der Waals surface area contributed by atoms with Gasteiger partial charge in [0.05, 0.1) is 17.9 Å². The van der Waals surface area contributed by atoms with Gasteiger partial charge in [0.1, 0.15) is 5.82 Å². The quantitative estimate of drug-likeness (QED) is 0.507. The molecule has 1 aromatic heterocycles. The molecule has 8 heteroatoms. The fourth-order valence-electron chi connectivity index (χ4n) is 2.18. The van der Waals surface area contributed by atoms with E-state index in [1.165, 1.54) is 17.8 Å². The molecule has 0 aliphatic rings. The fraction of sp³-hybridized carbons (Fsp3) is 0.500. The molecule has 0 saturated carbocycles. The average Bonchev–Trinajstić information content (AvgIpc) is 2.97. The zero-order chi connectivity index (χ0) is 18.9. The van der Waals surface area contributed by atoms with Crippen LogP contribution in [0.4, 0.5) is 4.39 Å². The normalized spacial score (nSPS) is 11.1. The van der Waals surface area contributed by atoms with Crippen LogP contribution in [-0.2, 0) is 16.6 Å². The predicted octanol–water partition coefficient (Wildman–Crippen LogP) is 2.89. The van der Waals surface area contributed by atoms with Crippen molar-refractivity contribution < 1.29 is 13.9 Å². The Bertz CT molecular complexity index is 721. The van der Waals surface area contributed by atoms with E-state index in [9.17, 15) is 9.18 Å². The van der Waals surface area contributed by atoms with Gasteiger partial charge in [0.15, 0.2) is 11.0 Å². The number of amides is 1. The molecule has 0 saturated heterocycles. The first-order valence-electron chi connectivity index (χ1n) is 8.60. The van der Waals surface area contributed by atoms with Crippen molar-refractivity contribution >= 4 is 17.7 Å². The third kappa shape index (κ3) is 6.10. The highest BCUT2D eigenvalue weighted by atomic mass is 32.2. The standard InChI is InChI=1S/C18H25FN4O2S/c1-13(2)8-10-25-11-9-20-16(24)12-26-18-22-21-17(23(18)3)14-6-4-5-7-15(14)19/h4-7,13H,8-12H2,1-3H3,(H,20,24). The van der Waals surface area contributed by atoms with Crippen LogP contribution >= 0.6 is 11.8 Å². The third-order valence-electron chi connectivity index (χ3n) is 3.69. The second-order valence-corrected chi connectivity index (χ2v) is 7.22. The molecule has 0 spiro atoms. The largest absolute Gasteiger partial charge is 0.380 e. The fourth-order valence-corrected chi connectivity index (χ4v) is 2.92. The van der Waals surface area contributed by atoms with Crippen molar-refractivity contribution in [2.75, 3.05) is 25.5 Å². The number of hydrogen-bond donors (Lipinski definition) is 1. The summed E-state index contributed by atoms with van der Waals surface area (Å²) < 4.78 is 21.0. The second kappa shape index (κ2) is 10.3. The van der Waals surface area contributed by atoms with Crippen LogP contribution in [0.1, 0.15) is 20.3 Å². The number of rotatable bonds is 10. The Balaban J connectivity index is 1.76. The molecule has 0 radical (unpaired) electrons. The molecule has 1 heterocycles. The Morgan fingerprint density at radius 3 is 2.81 bits per heavy atom. The molecule has 0 unspecified atom stereocenters. The third-order valence-corrected chi connectivity index (χ3v) is 4.71. The molecule has 1 N–H and O–H groups in total. The predicted molar refractivity (Wildman–Crippen MR) is 100 cm³/mol. The van der Waals surface area contributed by atoms with Gasteiger partial charge in [-0.15, -0.1) is 10.2 Å². The number of hydrogen-bond acceptors (Lipinski definition) is 5. The maximum atomic E-state index is 13.9. The SMILES string of the molecule is CC(C)CCOCCNC(=O)CSc1nnc(-c2ccccc2F)n1C. The lowest BCUT2D eigenvalue weighted by Crippen LogP contribution is -2.29. The van der Waals surface area contributed by atoms with Crippen LogP contribution in [0.5, 0.6) is 0 Å². The minimum absolute atomic E-state index is 0.0992. The molecule has 0 atom stereocenters. The van der Waals surface area contributed by atoms with E-state index in [0.717, 1.165) is 6.42 Å². The summed E-state index contributed by atoms with van der Waals surface area (Å²) in [5.74, 6) is 0.814. The molecule has 1 aromatic carbocycles. The number of halogens is 1. The van der Waals surface area contributed by atoms with Crippen LogP contribution in [0.2, 0.25) is 0 Å². The van der Waals surface area contributed by atoms with Crippen molar-refractivity contribution in [3.63, 3.8) is 0 Å². The van der Waals surface area contributed by atoms with Gasteiger partial charge >= 0.3 is 0 Å². The number of aromatic nitrogens is 3. The highest BCUT2D eigenvalue weighted by molar-refractivity contribution is 7.99. The number of thioether (sulfide) groups is 1. The van der Waals surface area contributed by atoms with Crippen molar-refractivity contribution in [3.8, 4) is 11.4 Å². The van der Waals surface area contributed by atoms with E-state index in [1.54, 1.807) is 29.8 Å². The Morgan fingerprint density at radius 2 is 2.08 bits per heavy atom. The van der Waals surface area contributed by atoms with Gasteiger partial charge in [0, 0.05) is 20.2 Å². The second-order valence-electron chi connectivity index (χ2n) is 6.28. The minimum Gasteiger partial charge on any atom is -0.380 e. The van der Waals surface area contributed by atoms with Crippen molar-refractivity contribution in [1.82, 2.24) is 20.1 Å². The van der Waals surface area contributed by atoms with Crippen LogP contribution in [0, 0.1) is 11.7 Å². The number of benzene rings is 1. The Labute approximate surface area is 157 Å². The van der Waals surface area contributed by atoms with Crippen LogP contribution < -0.4 is 5.32 Å². The lowest BCUT2D eigenvalue weighted by molar-refractivity contribution is -0.118. The van der Waals surface area contributed by atoms with Crippen molar-refractivity contribution in [1.29, 1.82) is 0 Å². The maximum absolute atomic E-state index is 13.9. The number of nitrogens with one attached hydrogen (secondary N) is 1. The van der Waals surface area contributed by atoms with Gasteiger partial charge < -0.3 is 14.6 Å². The van der Waals surface area contributed by atoms with Crippen LogP contribution in [0.15, 0.2) is 29.4 Å². The first kappa shape index (κ1) is 20.4. The van der Waals surface area contributed by atoms with Gasteiger partial charge in [-0.1, -0.05) is 37.7 Å². The van der Waals surface area contributed by atoms with Gasteiger partial charge in [-0.3, -0.25) is 4.79 Å². The van der Waals surface area contributed by atoms with Crippen molar-refractivity contribution in [2.45, 2.75) is 25.4 Å². The smallest absolute Gasteiger partial charge is 0.230 e. The minimum atomic E-state index is -0.352. The Kier molecular flexibility index (Phi) is 8.06. The highest BCUT2D eigenvalue weighted by Gasteiger charge is 2.15. The van der Waals surface area contributed by atoms with Crippen LogP contribution in [-0.4, -0.2) is 46.2 Å². The first-order valence-corrected chi connectivity index (χ1v) is 9.59. The van der Waals surface area contributed by atoms with E-state index in [2.05, 4.69) is 29.4 Å². The molecule has 0 bridgehead atoms. The highest BCUT2D eigenvalue weighted by Crippen LogP contribution is 2.24. The zero-order valence-electron chi connectivity index (χ0n) is 15.4. The molecule has 1 amide bonds. The summed E-state index contributed by atoms with van der Waals surface area (Å²) in [6.07, 6.45) is 1.01. The molecular weight excluding hydrogens is 355 g/mol. The first-order chi connectivity index (χ1) is 12.5. The van der Waals surface area contributed by atoms with Gasteiger partial charge in [0.25, 0.3) is 0 Å². The topological polar surface area (TPSA) is 69.0 Å². The maximum Gasteiger partial charge on any atom is 0.230 e. The summed E-state index contributed by atoms with van der Waals surface area (Å²) in [6, 6.07) is 6.41. The summed E-state index contributed by atoms with van der Waals surface area (Å²) in [6.45, 7) is 5.99. The number of ether oxygens (including phenoxy) is 1. The van der Waals surface area contributed by atoms with E-state index in [4.69, 9.17) is 4.74 Å². The zero-order valence-corrected chi connectivity index (χ0v) is 16.2. The summed E-state index contributed by atoms with van der Waals surface area (Å²) in [4.78, 5) is 11.9. The van der Waals surface area contributed by atoms with Crippen LogP contribution in [0.3, 0.4) is 0 Å². The van der Waals surface area contributed by atoms with Crippen molar-refractivity contribution in [3.05, 3.63) is 30.1 Å². The monoisotopic (exact) mass is 380 g/mol. The van der Waals surface area contributed by atoms with Gasteiger partial charge in [-0.05, 0) is 24.5 Å².